The van der Waals surface area contributed by atoms with Gasteiger partial charge in [0, 0.05) is 44.9 Å². The zero-order valence-electron chi connectivity index (χ0n) is 23.7. The summed E-state index contributed by atoms with van der Waals surface area (Å²) < 4.78 is 7.75. The van der Waals surface area contributed by atoms with Gasteiger partial charge in [0.05, 0.1) is 19.2 Å². The Morgan fingerprint density at radius 2 is 2.05 bits per heavy atom. The summed E-state index contributed by atoms with van der Waals surface area (Å²) in [5.41, 5.74) is 2.39. The number of aryl methyl sites for hydroxylation is 2. The van der Waals surface area contributed by atoms with Crippen LogP contribution in [0.4, 0.5) is 0 Å². The molecule has 41 heavy (non-hydrogen) atoms. The van der Waals surface area contributed by atoms with Crippen molar-refractivity contribution in [1.82, 2.24) is 30.6 Å². The van der Waals surface area contributed by atoms with E-state index in [1.165, 1.54) is 6.92 Å². The summed E-state index contributed by atoms with van der Waals surface area (Å²) >= 11 is 4.25. The van der Waals surface area contributed by atoms with Crippen LogP contribution in [0.2, 0.25) is 0 Å². The van der Waals surface area contributed by atoms with Crippen LogP contribution in [0.15, 0.2) is 30.6 Å². The summed E-state index contributed by atoms with van der Waals surface area (Å²) in [6.45, 7) is 5.79. The Kier molecular flexibility index (Phi) is 10.7. The molecule has 222 valence electrons. The molecule has 3 N–H and O–H groups in total. The molecule has 0 radical (unpaired) electrons. The van der Waals surface area contributed by atoms with E-state index in [-0.39, 0.29) is 24.8 Å². The second kappa shape index (κ2) is 14.4. The number of carbonyl (C=O) groups excluding carboxylic acids is 4. The van der Waals surface area contributed by atoms with Crippen molar-refractivity contribution in [2.75, 3.05) is 25.4 Å². The molecule has 2 unspecified atom stereocenters. The van der Waals surface area contributed by atoms with E-state index in [2.05, 4.69) is 33.7 Å². The number of carbonyl (C=O) groups is 4. The van der Waals surface area contributed by atoms with Crippen molar-refractivity contribution in [2.24, 2.45) is 5.92 Å². The first-order valence-corrected chi connectivity index (χ1v) is 14.8. The first kappa shape index (κ1) is 30.4. The van der Waals surface area contributed by atoms with Gasteiger partial charge >= 0.3 is 0 Å². The molecule has 11 nitrogen and oxygen atoms in total. The van der Waals surface area contributed by atoms with E-state index in [0.717, 1.165) is 42.6 Å². The van der Waals surface area contributed by atoms with Crippen molar-refractivity contribution in [1.29, 1.82) is 0 Å². The normalized spacial score (nSPS) is 22.6. The number of nitrogens with zero attached hydrogens (tertiary/aromatic N) is 3. The number of hydrogen-bond donors (Lipinski definition) is 4. The summed E-state index contributed by atoms with van der Waals surface area (Å²) in [4.78, 5) is 54.2. The Labute approximate surface area is 246 Å². The van der Waals surface area contributed by atoms with Gasteiger partial charge in [0.2, 0.25) is 23.6 Å². The van der Waals surface area contributed by atoms with Crippen LogP contribution in [-0.4, -0.2) is 69.8 Å². The predicted octanol–water partition coefficient (Wildman–Crippen LogP) is 1.90. The van der Waals surface area contributed by atoms with Gasteiger partial charge in [-0.3, -0.25) is 23.9 Å². The zero-order valence-corrected chi connectivity index (χ0v) is 24.6. The van der Waals surface area contributed by atoms with Gasteiger partial charge in [-0.15, -0.1) is 0 Å². The second-order valence-electron chi connectivity index (χ2n) is 10.8. The Hall–Kier alpha value is -3.54. The number of fused-ring (bicyclic) bond motifs is 4. The molecule has 1 saturated heterocycles. The summed E-state index contributed by atoms with van der Waals surface area (Å²) in [5, 5.41) is 12.7. The minimum atomic E-state index is -1.13. The van der Waals surface area contributed by atoms with E-state index >= 15 is 0 Å². The third-order valence-corrected chi connectivity index (χ3v) is 7.91. The van der Waals surface area contributed by atoms with Crippen LogP contribution >= 0.6 is 12.6 Å². The topological polar surface area (TPSA) is 135 Å². The molecule has 4 bridgehead atoms. The molecule has 0 aliphatic carbocycles. The lowest BCUT2D eigenvalue weighted by atomic mass is 9.94. The molecule has 0 spiro atoms. The number of nitrogens with one attached hydrogen (secondary N) is 3. The zero-order chi connectivity index (χ0) is 29.4. The maximum Gasteiger partial charge on any atom is 0.247 e. The maximum absolute atomic E-state index is 13.5. The molecule has 1 fully saturated rings. The number of aromatic nitrogens is 2. The fourth-order valence-corrected chi connectivity index (χ4v) is 5.41. The molecule has 1 aromatic heterocycles. The second-order valence-corrected chi connectivity index (χ2v) is 11.3. The number of thiol groups is 1. The largest absolute Gasteiger partial charge is 0.494 e. The molecule has 4 rings (SSSR count). The molecule has 2 aliphatic heterocycles. The van der Waals surface area contributed by atoms with Crippen LogP contribution in [-0.2, 0) is 32.3 Å². The minimum Gasteiger partial charge on any atom is -0.494 e. The number of ether oxygens (including phenoxy) is 1. The number of amides is 4. The quantitative estimate of drug-likeness (QED) is 0.397. The Morgan fingerprint density at radius 1 is 1.22 bits per heavy atom. The number of benzene rings is 1. The highest BCUT2D eigenvalue weighted by atomic mass is 32.1. The van der Waals surface area contributed by atoms with E-state index in [4.69, 9.17) is 4.74 Å². The number of rotatable bonds is 5. The van der Waals surface area contributed by atoms with E-state index in [1.807, 2.05) is 25.1 Å². The number of hydrogen-bond acceptors (Lipinski definition) is 7. The SMILES string of the molecule is CC(=O)N[C@H]1CC(=O)N2CCCC(CCOc3ccc(C)c(c3)CNC(=O)C(c3cnn(CCCS)c3)NC1=O)C2. The molecule has 3 atom stereocenters. The summed E-state index contributed by atoms with van der Waals surface area (Å²) in [6, 6.07) is 3.58. The molecular formula is C29H40N6O5S. The highest BCUT2D eigenvalue weighted by Gasteiger charge is 2.32. The standard InChI is InChI=1S/C29H40N6O5S/c1-19-6-7-24-13-22(19)15-30-29(39)27(23-16-31-35(18-23)10-4-12-41)33-28(38)25(32-20(2)36)14-26(37)34-9-3-5-21(17-34)8-11-40-24/h6-7,13,16,18,21,25,27,41H,3-5,8-12,14-15,17H2,1-2H3,(H,30,39)(H,32,36)(H,33,38)/t21?,25-,27?/m0/s1. The monoisotopic (exact) mass is 584 g/mol. The van der Waals surface area contributed by atoms with Crippen LogP contribution in [0, 0.1) is 12.8 Å². The summed E-state index contributed by atoms with van der Waals surface area (Å²) in [5.74, 6) is -0.0179. The van der Waals surface area contributed by atoms with Crippen molar-refractivity contribution in [3.63, 3.8) is 0 Å². The van der Waals surface area contributed by atoms with E-state index < -0.39 is 29.8 Å². The Morgan fingerprint density at radius 3 is 2.83 bits per heavy atom. The van der Waals surface area contributed by atoms with E-state index in [0.29, 0.717) is 37.6 Å². The molecule has 4 amide bonds. The maximum atomic E-state index is 13.5. The van der Waals surface area contributed by atoms with Crippen LogP contribution in [0.3, 0.4) is 0 Å². The lowest BCUT2D eigenvalue weighted by Gasteiger charge is -2.34. The molecule has 2 aromatic rings. The highest BCUT2D eigenvalue weighted by molar-refractivity contribution is 7.80. The molecule has 1 aromatic carbocycles. The smallest absolute Gasteiger partial charge is 0.247 e. The molecular weight excluding hydrogens is 544 g/mol. The van der Waals surface area contributed by atoms with E-state index in [1.54, 1.807) is 22.0 Å². The van der Waals surface area contributed by atoms with Gasteiger partial charge in [0.15, 0.2) is 0 Å². The summed E-state index contributed by atoms with van der Waals surface area (Å²) in [6.07, 6.45) is 6.50. The minimum absolute atomic E-state index is 0.200. The van der Waals surface area contributed by atoms with Crippen molar-refractivity contribution in [3.05, 3.63) is 47.3 Å². The van der Waals surface area contributed by atoms with E-state index in [9.17, 15) is 19.2 Å². The van der Waals surface area contributed by atoms with Crippen molar-refractivity contribution in [3.8, 4) is 5.75 Å². The fourth-order valence-electron chi connectivity index (χ4n) is 5.27. The van der Waals surface area contributed by atoms with Crippen LogP contribution in [0.25, 0.3) is 0 Å². The first-order chi connectivity index (χ1) is 19.7. The van der Waals surface area contributed by atoms with Gasteiger partial charge < -0.3 is 25.6 Å². The molecule has 3 heterocycles. The van der Waals surface area contributed by atoms with Crippen molar-refractivity contribution in [2.45, 2.75) is 71.1 Å². The molecule has 2 aliphatic rings. The average Bonchev–Trinajstić information content (AvgIpc) is 3.42. The van der Waals surface area contributed by atoms with Gasteiger partial charge in [-0.2, -0.15) is 17.7 Å². The highest BCUT2D eigenvalue weighted by Crippen LogP contribution is 2.23. The van der Waals surface area contributed by atoms with Crippen LogP contribution in [0.1, 0.15) is 61.8 Å². The first-order valence-electron chi connectivity index (χ1n) is 14.2. The lowest BCUT2D eigenvalue weighted by Crippen LogP contribution is -2.52. The lowest BCUT2D eigenvalue weighted by molar-refractivity contribution is -0.138. The summed E-state index contributed by atoms with van der Waals surface area (Å²) in [7, 11) is 0. The van der Waals surface area contributed by atoms with Crippen molar-refractivity contribution >= 4 is 36.3 Å². The Bertz CT molecular complexity index is 1250. The van der Waals surface area contributed by atoms with Gasteiger partial charge in [-0.25, -0.2) is 0 Å². The average molecular weight is 585 g/mol. The molecule has 12 heteroatoms. The van der Waals surface area contributed by atoms with Gasteiger partial charge in [-0.05, 0) is 67.5 Å². The number of piperidine rings is 1. The Balaban J connectivity index is 1.64. The van der Waals surface area contributed by atoms with Crippen LogP contribution < -0.4 is 20.7 Å². The van der Waals surface area contributed by atoms with Crippen molar-refractivity contribution < 1.29 is 23.9 Å². The van der Waals surface area contributed by atoms with Gasteiger partial charge in [0.1, 0.15) is 17.8 Å². The van der Waals surface area contributed by atoms with Crippen LogP contribution in [0.5, 0.6) is 5.75 Å². The molecule has 0 saturated carbocycles. The third-order valence-electron chi connectivity index (χ3n) is 7.59. The van der Waals surface area contributed by atoms with Gasteiger partial charge in [0.25, 0.3) is 0 Å². The predicted molar refractivity (Wildman–Crippen MR) is 156 cm³/mol. The van der Waals surface area contributed by atoms with Gasteiger partial charge in [-0.1, -0.05) is 6.07 Å². The fraction of sp³-hybridized carbons (Fsp3) is 0.552. The third kappa shape index (κ3) is 8.48.